The number of para-hydroxylation sites is 2. The fraction of sp³-hybridized carbons (Fsp3) is 0.261. The van der Waals surface area contributed by atoms with Gasteiger partial charge < -0.3 is 9.45 Å². The average molecular weight is 441 g/mol. The third kappa shape index (κ3) is 4.10. The van der Waals surface area contributed by atoms with Crippen LogP contribution in [0.3, 0.4) is 0 Å². The van der Waals surface area contributed by atoms with E-state index in [1.165, 1.54) is 17.8 Å². The minimum absolute atomic E-state index is 0.281. The van der Waals surface area contributed by atoms with Crippen molar-refractivity contribution in [3.63, 3.8) is 0 Å². The number of rotatable bonds is 6. The van der Waals surface area contributed by atoms with Crippen LogP contribution in [-0.2, 0) is 16.7 Å². The first kappa shape index (κ1) is 20.9. The van der Waals surface area contributed by atoms with Crippen LogP contribution >= 0.6 is 11.8 Å². The topological polar surface area (TPSA) is 64.3 Å². The molecule has 2 heterocycles. The largest absolute Gasteiger partial charge is 0.748 e. The van der Waals surface area contributed by atoms with Crippen molar-refractivity contribution in [3.8, 4) is 0 Å². The van der Waals surface area contributed by atoms with Gasteiger partial charge in [-0.2, -0.15) is 4.57 Å². The molecule has 1 atom stereocenters. The number of benzene rings is 2. The lowest BCUT2D eigenvalue weighted by Crippen LogP contribution is -2.37. The number of aryl methyl sites for hydroxylation is 1. The Kier molecular flexibility index (Phi) is 5.86. The van der Waals surface area contributed by atoms with Crippen LogP contribution in [0.5, 0.6) is 0 Å². The number of pyridine rings is 1. The summed E-state index contributed by atoms with van der Waals surface area (Å²) in [5, 5.41) is 1.30. The van der Waals surface area contributed by atoms with Crippen molar-refractivity contribution in [1.29, 1.82) is 0 Å². The van der Waals surface area contributed by atoms with E-state index in [4.69, 9.17) is 0 Å². The third-order valence-corrected chi connectivity index (χ3v) is 7.78. The molecule has 0 aliphatic carbocycles. The molecule has 3 aromatic rings. The van der Waals surface area contributed by atoms with Gasteiger partial charge in [0.15, 0.2) is 0 Å². The number of thioether (sulfide) groups is 1. The molecule has 4 rings (SSSR count). The molecule has 1 unspecified atom stereocenters. The van der Waals surface area contributed by atoms with Crippen molar-refractivity contribution in [2.45, 2.75) is 37.0 Å². The minimum Gasteiger partial charge on any atom is -0.748 e. The Labute approximate surface area is 181 Å². The Hall–Kier alpha value is -2.35. The van der Waals surface area contributed by atoms with Crippen molar-refractivity contribution < 1.29 is 17.5 Å². The number of hydrogen-bond donors (Lipinski definition) is 0. The van der Waals surface area contributed by atoms with Crippen LogP contribution in [0.2, 0.25) is 0 Å². The molecule has 1 aliphatic rings. The van der Waals surface area contributed by atoms with E-state index in [2.05, 4.69) is 52.8 Å². The normalized spacial score (nSPS) is 16.2. The number of nitrogens with zero attached hydrogens (tertiary/aromatic N) is 2. The van der Waals surface area contributed by atoms with Gasteiger partial charge in [0.1, 0.15) is 6.54 Å². The molecule has 5 nitrogen and oxygen atoms in total. The predicted molar refractivity (Wildman–Crippen MR) is 121 cm³/mol. The summed E-state index contributed by atoms with van der Waals surface area (Å²) in [5.74, 6) is 0. The fourth-order valence-corrected chi connectivity index (χ4v) is 5.26. The second-order valence-electron chi connectivity index (χ2n) is 7.36. The second kappa shape index (κ2) is 8.41. The van der Waals surface area contributed by atoms with Gasteiger partial charge in [0.05, 0.1) is 20.8 Å². The zero-order chi connectivity index (χ0) is 21.3. The van der Waals surface area contributed by atoms with Gasteiger partial charge in [0, 0.05) is 40.3 Å². The summed E-state index contributed by atoms with van der Waals surface area (Å²) in [6.07, 6.45) is 2.43. The molecule has 2 aromatic carbocycles. The standard InChI is InChI=1S/C23H24N2O3S2/c1-3-24-19(13-12-18-8-4-5-9-20(18)24)16-23-25(15-14-17(2)30(26,27)28)21-10-6-7-11-22(21)29-23/h4-13,16-17H,3,14-15H2,1-2H3. The molecule has 0 saturated heterocycles. The number of fused-ring (bicyclic) bond motifs is 2. The minimum atomic E-state index is -4.29. The van der Waals surface area contributed by atoms with Crippen LogP contribution in [0.25, 0.3) is 17.0 Å². The molecule has 0 fully saturated rings. The third-order valence-electron chi connectivity index (χ3n) is 5.45. The summed E-state index contributed by atoms with van der Waals surface area (Å²) in [7, 11) is -4.29. The molecule has 7 heteroatoms. The fourth-order valence-electron chi connectivity index (χ4n) is 3.73. The van der Waals surface area contributed by atoms with Gasteiger partial charge >= 0.3 is 0 Å². The van der Waals surface area contributed by atoms with Crippen molar-refractivity contribution >= 4 is 44.5 Å². The Morgan fingerprint density at radius 3 is 2.60 bits per heavy atom. The molecule has 0 spiro atoms. The monoisotopic (exact) mass is 440 g/mol. The van der Waals surface area contributed by atoms with Crippen LogP contribution in [0, 0.1) is 0 Å². The first-order valence-electron chi connectivity index (χ1n) is 10.0. The van der Waals surface area contributed by atoms with Gasteiger partial charge in [-0.25, -0.2) is 8.42 Å². The van der Waals surface area contributed by atoms with Gasteiger partial charge in [-0.1, -0.05) is 36.0 Å². The van der Waals surface area contributed by atoms with E-state index in [-0.39, 0.29) is 6.42 Å². The van der Waals surface area contributed by atoms with Gasteiger partial charge in [-0.05, 0) is 44.5 Å². The van der Waals surface area contributed by atoms with Gasteiger partial charge in [-0.3, -0.25) is 0 Å². The lowest BCUT2D eigenvalue weighted by atomic mass is 10.2. The summed E-state index contributed by atoms with van der Waals surface area (Å²) in [6.45, 7) is 4.92. The molecule has 0 bridgehead atoms. The van der Waals surface area contributed by atoms with Crippen LogP contribution in [0.1, 0.15) is 26.0 Å². The maximum absolute atomic E-state index is 11.4. The highest BCUT2D eigenvalue weighted by Crippen LogP contribution is 2.46. The van der Waals surface area contributed by atoms with Crippen LogP contribution in [0.4, 0.5) is 5.69 Å². The maximum Gasteiger partial charge on any atom is 0.212 e. The molecule has 30 heavy (non-hydrogen) atoms. The molecule has 156 valence electrons. The summed E-state index contributed by atoms with van der Waals surface area (Å²) in [4.78, 5) is 3.25. The Morgan fingerprint density at radius 2 is 1.83 bits per heavy atom. The second-order valence-corrected chi connectivity index (χ2v) is 10.2. The van der Waals surface area contributed by atoms with Crippen molar-refractivity contribution in [1.82, 2.24) is 0 Å². The highest BCUT2D eigenvalue weighted by atomic mass is 32.2. The van der Waals surface area contributed by atoms with Crippen LogP contribution in [-0.4, -0.2) is 24.8 Å². The zero-order valence-corrected chi connectivity index (χ0v) is 18.6. The van der Waals surface area contributed by atoms with E-state index in [0.717, 1.165) is 27.9 Å². The lowest BCUT2D eigenvalue weighted by molar-refractivity contribution is -0.669. The Balaban J connectivity index is 1.73. The molecule has 0 saturated carbocycles. The van der Waals surface area contributed by atoms with E-state index < -0.39 is 15.4 Å². The quantitative estimate of drug-likeness (QED) is 0.420. The summed E-state index contributed by atoms with van der Waals surface area (Å²) >= 11 is 1.67. The smallest absolute Gasteiger partial charge is 0.212 e. The van der Waals surface area contributed by atoms with Gasteiger partial charge in [0.25, 0.3) is 0 Å². The highest BCUT2D eigenvalue weighted by Gasteiger charge is 2.27. The summed E-state index contributed by atoms with van der Waals surface area (Å²) in [6, 6.07) is 20.6. The summed E-state index contributed by atoms with van der Waals surface area (Å²) < 4.78 is 36.4. The Bertz CT molecular complexity index is 1220. The van der Waals surface area contributed by atoms with E-state index in [9.17, 15) is 13.0 Å². The highest BCUT2D eigenvalue weighted by molar-refractivity contribution is 8.03. The van der Waals surface area contributed by atoms with E-state index >= 15 is 0 Å². The number of anilines is 1. The van der Waals surface area contributed by atoms with Crippen molar-refractivity contribution in [3.05, 3.63) is 71.4 Å². The maximum atomic E-state index is 11.4. The number of hydrogen-bond acceptors (Lipinski definition) is 5. The van der Waals surface area contributed by atoms with Crippen molar-refractivity contribution in [2.24, 2.45) is 0 Å². The predicted octanol–water partition coefficient (Wildman–Crippen LogP) is 4.38. The van der Waals surface area contributed by atoms with E-state index in [1.54, 1.807) is 11.8 Å². The van der Waals surface area contributed by atoms with Crippen LogP contribution < -0.4 is 9.47 Å². The first-order valence-corrected chi connectivity index (χ1v) is 12.3. The lowest BCUT2D eigenvalue weighted by Gasteiger charge is -2.23. The Morgan fingerprint density at radius 1 is 1.10 bits per heavy atom. The molecular formula is C23H24N2O3S2. The first-order chi connectivity index (χ1) is 14.4. The molecular weight excluding hydrogens is 416 g/mol. The van der Waals surface area contributed by atoms with E-state index in [0.29, 0.717) is 6.54 Å². The summed E-state index contributed by atoms with van der Waals surface area (Å²) in [5.41, 5.74) is 3.31. The zero-order valence-electron chi connectivity index (χ0n) is 17.0. The van der Waals surface area contributed by atoms with Crippen molar-refractivity contribution in [2.75, 3.05) is 11.4 Å². The number of aromatic nitrogens is 1. The van der Waals surface area contributed by atoms with Gasteiger partial charge in [0.2, 0.25) is 11.2 Å². The molecule has 1 aromatic heterocycles. The average Bonchev–Trinajstić information content (AvgIpc) is 3.08. The van der Waals surface area contributed by atoms with Crippen LogP contribution in [0.15, 0.2) is 70.6 Å². The molecule has 1 aliphatic heterocycles. The molecule has 0 radical (unpaired) electrons. The van der Waals surface area contributed by atoms with E-state index in [1.807, 2.05) is 30.3 Å². The molecule has 0 N–H and O–H groups in total. The molecule has 0 amide bonds. The SMILES string of the molecule is CC[n+]1c(/C=C2/Sc3ccccc3N2CCC(C)S(=O)(=O)[O-])ccc2ccccc21. The van der Waals surface area contributed by atoms with Gasteiger partial charge in [-0.15, -0.1) is 0 Å².